The van der Waals surface area contributed by atoms with Crippen LogP contribution >= 0.6 is 23.5 Å². The molecule has 2 aliphatic heterocycles. The van der Waals surface area contributed by atoms with E-state index in [-0.39, 0.29) is 29.6 Å². The van der Waals surface area contributed by atoms with Crippen LogP contribution in [-0.4, -0.2) is 93.6 Å². The van der Waals surface area contributed by atoms with Crippen LogP contribution in [0.1, 0.15) is 76.1 Å². The van der Waals surface area contributed by atoms with Crippen LogP contribution in [0.3, 0.4) is 0 Å². The first-order valence-electron chi connectivity index (χ1n) is 15.3. The molecule has 1 aromatic carbocycles. The van der Waals surface area contributed by atoms with E-state index in [0.29, 0.717) is 54.8 Å². The minimum Gasteiger partial charge on any atom is -0.444 e. The van der Waals surface area contributed by atoms with Crippen molar-refractivity contribution >= 4 is 47.3 Å². The number of rotatable bonds is 9. The van der Waals surface area contributed by atoms with E-state index in [1.165, 1.54) is 73.0 Å². The Morgan fingerprint density at radius 3 is 2.37 bits per heavy atom. The van der Waals surface area contributed by atoms with Crippen molar-refractivity contribution in [2.75, 3.05) is 36.2 Å². The highest BCUT2D eigenvalue weighted by Crippen LogP contribution is 2.28. The molecule has 2 heterocycles. The average molecular weight is 637 g/mol. The van der Waals surface area contributed by atoms with Gasteiger partial charge in [0, 0.05) is 36.2 Å². The van der Waals surface area contributed by atoms with Gasteiger partial charge in [-0.3, -0.25) is 19.3 Å². The van der Waals surface area contributed by atoms with Gasteiger partial charge in [0.05, 0.1) is 5.88 Å². The van der Waals surface area contributed by atoms with Crippen molar-refractivity contribution in [1.82, 2.24) is 20.4 Å². The molecule has 12 heteroatoms. The average Bonchev–Trinajstić information content (AvgIpc) is 3.47. The third kappa shape index (κ3) is 10.0. The molecule has 3 aliphatic rings. The fourth-order valence-electron chi connectivity index (χ4n) is 5.62. The molecular weight excluding hydrogens is 591 g/mol. The molecule has 2 atom stereocenters. The predicted octanol–water partition coefficient (Wildman–Crippen LogP) is 4.65. The van der Waals surface area contributed by atoms with Crippen molar-refractivity contribution in [3.8, 4) is 0 Å². The maximum Gasteiger partial charge on any atom is 0.411 e. The summed E-state index contributed by atoms with van der Waals surface area (Å²) in [6.07, 6.45) is 6.81. The molecule has 4 rings (SSSR count). The van der Waals surface area contributed by atoms with Gasteiger partial charge in [-0.15, -0.1) is 11.8 Å². The molecule has 0 bridgehead atoms. The summed E-state index contributed by atoms with van der Waals surface area (Å²) in [5, 5.41) is 6.07. The molecule has 0 radical (unpaired) electrons. The van der Waals surface area contributed by atoms with E-state index in [1.54, 1.807) is 37.4 Å². The van der Waals surface area contributed by atoms with E-state index in [1.807, 2.05) is 0 Å². The number of thioether (sulfide) groups is 2. The first-order valence-corrected chi connectivity index (χ1v) is 17.6. The molecule has 2 saturated heterocycles. The number of carbonyl (C=O) groups excluding carboxylic acids is 4. The van der Waals surface area contributed by atoms with Crippen molar-refractivity contribution < 1.29 is 28.3 Å². The Morgan fingerprint density at radius 2 is 1.72 bits per heavy atom. The smallest absolute Gasteiger partial charge is 0.411 e. The van der Waals surface area contributed by atoms with Crippen molar-refractivity contribution in [2.45, 2.75) is 89.4 Å². The second-order valence-corrected chi connectivity index (χ2v) is 14.7. The topological polar surface area (TPSA) is 108 Å². The molecule has 43 heavy (non-hydrogen) atoms. The van der Waals surface area contributed by atoms with Gasteiger partial charge in [-0.25, -0.2) is 9.18 Å². The van der Waals surface area contributed by atoms with Crippen LogP contribution in [0.5, 0.6) is 0 Å². The summed E-state index contributed by atoms with van der Waals surface area (Å²) >= 11 is 3.18. The molecule has 1 aliphatic carbocycles. The standard InChI is InChI=1S/C31H45FN4O5S2/c1-31(2,3)41-30(40)36-20-43-19-26(36)28(38)34-25(18-42-17-21-7-5-4-6-8-21)27(37)33-24-13-15-35(16-14-24)29(39)22-9-11-23(32)12-10-22/h9-12,21,24-26H,4-8,13-20H2,1-3H3,(H,33,37)(H,34,38). The molecule has 0 spiro atoms. The van der Waals surface area contributed by atoms with Gasteiger partial charge in [0.15, 0.2) is 0 Å². The van der Waals surface area contributed by atoms with Gasteiger partial charge >= 0.3 is 6.09 Å². The van der Waals surface area contributed by atoms with Crippen LogP contribution < -0.4 is 10.6 Å². The van der Waals surface area contributed by atoms with Crippen LogP contribution in [0, 0.1) is 11.7 Å². The number of nitrogens with one attached hydrogen (secondary N) is 2. The summed E-state index contributed by atoms with van der Waals surface area (Å²) in [6, 6.07) is 3.93. The molecule has 238 valence electrons. The maximum absolute atomic E-state index is 13.6. The fourth-order valence-corrected chi connectivity index (χ4v) is 8.04. The minimum atomic E-state index is -0.744. The van der Waals surface area contributed by atoms with Crippen molar-refractivity contribution in [1.29, 1.82) is 0 Å². The third-order valence-corrected chi connectivity index (χ3v) is 10.3. The number of likely N-dealkylation sites (tertiary alicyclic amines) is 1. The van der Waals surface area contributed by atoms with Gasteiger partial charge in [-0.1, -0.05) is 19.3 Å². The zero-order chi connectivity index (χ0) is 31.0. The molecule has 3 fully saturated rings. The number of amides is 4. The van der Waals surface area contributed by atoms with E-state index in [2.05, 4.69) is 10.6 Å². The van der Waals surface area contributed by atoms with Gasteiger partial charge in [0.1, 0.15) is 23.5 Å². The Labute approximate surface area is 262 Å². The highest BCUT2D eigenvalue weighted by atomic mass is 32.2. The van der Waals surface area contributed by atoms with Crippen LogP contribution in [0.25, 0.3) is 0 Å². The lowest BCUT2D eigenvalue weighted by Crippen LogP contribution is -2.57. The van der Waals surface area contributed by atoms with Crippen molar-refractivity contribution in [2.24, 2.45) is 5.92 Å². The van der Waals surface area contributed by atoms with Gasteiger partial charge in [0.2, 0.25) is 11.8 Å². The van der Waals surface area contributed by atoms with Gasteiger partial charge in [-0.2, -0.15) is 11.8 Å². The number of piperidine rings is 1. The number of benzene rings is 1. The highest BCUT2D eigenvalue weighted by molar-refractivity contribution is 7.99. The van der Waals surface area contributed by atoms with E-state index in [4.69, 9.17) is 4.74 Å². The molecule has 2 N–H and O–H groups in total. The van der Waals surface area contributed by atoms with E-state index >= 15 is 0 Å². The molecule has 1 aromatic rings. The lowest BCUT2D eigenvalue weighted by molar-refractivity contribution is -0.131. The predicted molar refractivity (Wildman–Crippen MR) is 168 cm³/mol. The first kappa shape index (κ1) is 33.4. The zero-order valence-corrected chi connectivity index (χ0v) is 27.1. The summed E-state index contributed by atoms with van der Waals surface area (Å²) in [5.41, 5.74) is -0.241. The van der Waals surface area contributed by atoms with E-state index in [9.17, 15) is 23.6 Å². The summed E-state index contributed by atoms with van der Waals surface area (Å²) < 4.78 is 18.8. The normalized spacial score (nSPS) is 20.9. The number of hydrogen-bond donors (Lipinski definition) is 2. The monoisotopic (exact) mass is 636 g/mol. The van der Waals surface area contributed by atoms with Gasteiger partial charge < -0.3 is 20.3 Å². The lowest BCUT2D eigenvalue weighted by Gasteiger charge is -2.33. The van der Waals surface area contributed by atoms with Crippen molar-refractivity contribution in [3.63, 3.8) is 0 Å². The zero-order valence-electron chi connectivity index (χ0n) is 25.4. The summed E-state index contributed by atoms with van der Waals surface area (Å²) in [7, 11) is 0. The third-order valence-electron chi connectivity index (χ3n) is 8.03. The maximum atomic E-state index is 13.6. The van der Waals surface area contributed by atoms with Gasteiger partial charge in [-0.05, 0) is 82.4 Å². The Hall–Kier alpha value is -2.47. The lowest BCUT2D eigenvalue weighted by atomic mass is 9.91. The Bertz CT molecular complexity index is 1120. The molecule has 9 nitrogen and oxygen atoms in total. The molecular formula is C31H45FN4O5S2. The highest BCUT2D eigenvalue weighted by Gasteiger charge is 2.39. The SMILES string of the molecule is CC(C)(C)OC(=O)N1CSCC1C(=O)NC(CSCC1CCCCC1)C(=O)NC1CCN(C(=O)c2ccc(F)cc2)CC1. The summed E-state index contributed by atoms with van der Waals surface area (Å²) in [6.45, 7) is 6.31. The Morgan fingerprint density at radius 1 is 1.05 bits per heavy atom. The Kier molecular flexibility index (Phi) is 12.0. The number of carbonyl (C=O) groups is 4. The molecule has 0 aromatic heterocycles. The van der Waals surface area contributed by atoms with E-state index in [0.717, 1.165) is 5.75 Å². The summed E-state index contributed by atoms with van der Waals surface area (Å²) in [5.74, 6) is 1.69. The van der Waals surface area contributed by atoms with Crippen LogP contribution in [-0.2, 0) is 14.3 Å². The van der Waals surface area contributed by atoms with Crippen LogP contribution in [0.4, 0.5) is 9.18 Å². The number of halogens is 1. The molecule has 2 unspecified atom stereocenters. The van der Waals surface area contributed by atoms with Gasteiger partial charge in [0.25, 0.3) is 5.91 Å². The second kappa shape index (κ2) is 15.5. The van der Waals surface area contributed by atoms with E-state index < -0.39 is 23.8 Å². The number of hydrogen-bond acceptors (Lipinski definition) is 7. The quantitative estimate of drug-likeness (QED) is 0.406. The minimum absolute atomic E-state index is 0.132. The number of ether oxygens (including phenoxy) is 1. The largest absolute Gasteiger partial charge is 0.444 e. The van der Waals surface area contributed by atoms with Crippen molar-refractivity contribution in [3.05, 3.63) is 35.6 Å². The molecule has 4 amide bonds. The fraction of sp³-hybridized carbons (Fsp3) is 0.677. The molecule has 1 saturated carbocycles. The second-order valence-electron chi connectivity index (χ2n) is 12.7. The number of nitrogens with zero attached hydrogens (tertiary/aromatic N) is 2. The van der Waals surface area contributed by atoms with Crippen LogP contribution in [0.15, 0.2) is 24.3 Å². The van der Waals surface area contributed by atoms with Crippen LogP contribution in [0.2, 0.25) is 0 Å². The first-order chi connectivity index (χ1) is 20.5. The Balaban J connectivity index is 1.34. The summed E-state index contributed by atoms with van der Waals surface area (Å²) in [4.78, 5) is 55.7.